The highest BCUT2D eigenvalue weighted by Gasteiger charge is 2.13. The third kappa shape index (κ3) is 5.10. The molecular formula is C15H24ClN. The van der Waals surface area contributed by atoms with Gasteiger partial charge in [0.15, 0.2) is 0 Å². The van der Waals surface area contributed by atoms with Gasteiger partial charge in [-0.3, -0.25) is 0 Å². The second-order valence-corrected chi connectivity index (χ2v) is 5.63. The van der Waals surface area contributed by atoms with Crippen LogP contribution in [0.2, 0.25) is 5.02 Å². The van der Waals surface area contributed by atoms with Crippen molar-refractivity contribution in [3.8, 4) is 0 Å². The lowest BCUT2D eigenvalue weighted by Gasteiger charge is -2.21. The summed E-state index contributed by atoms with van der Waals surface area (Å²) in [4.78, 5) is 0. The Morgan fingerprint density at radius 1 is 1.24 bits per heavy atom. The van der Waals surface area contributed by atoms with Crippen molar-refractivity contribution in [1.82, 2.24) is 5.32 Å². The zero-order chi connectivity index (χ0) is 12.8. The van der Waals surface area contributed by atoms with E-state index >= 15 is 0 Å². The van der Waals surface area contributed by atoms with E-state index in [2.05, 4.69) is 45.1 Å². The molecule has 0 amide bonds. The van der Waals surface area contributed by atoms with E-state index in [0.717, 1.165) is 24.4 Å². The minimum atomic E-state index is 0.423. The first-order valence-electron chi connectivity index (χ1n) is 6.53. The summed E-state index contributed by atoms with van der Waals surface area (Å²) in [6.07, 6.45) is 2.31. The molecule has 0 saturated carbocycles. The summed E-state index contributed by atoms with van der Waals surface area (Å²) in [6, 6.07) is 6.76. The maximum absolute atomic E-state index is 6.14. The van der Waals surface area contributed by atoms with E-state index in [4.69, 9.17) is 11.6 Å². The molecule has 0 aliphatic rings. The van der Waals surface area contributed by atoms with E-state index in [1.807, 2.05) is 6.07 Å². The first-order chi connectivity index (χ1) is 8.02. The zero-order valence-corrected chi connectivity index (χ0v) is 12.1. The second kappa shape index (κ2) is 7.03. The first kappa shape index (κ1) is 14.5. The average molecular weight is 254 g/mol. The molecule has 1 rings (SSSR count). The van der Waals surface area contributed by atoms with Crippen LogP contribution in [0.5, 0.6) is 0 Å². The Hall–Kier alpha value is -0.530. The van der Waals surface area contributed by atoms with Crippen LogP contribution >= 0.6 is 11.6 Å². The standard InChI is InChI=1S/C15H24ClN/c1-5-6-17-15(7-11(2)3)13-8-12(4)9-14(16)10-13/h8-11,15,17H,5-7H2,1-4H3. The largest absolute Gasteiger partial charge is 0.310 e. The summed E-state index contributed by atoms with van der Waals surface area (Å²) in [5, 5.41) is 4.45. The van der Waals surface area contributed by atoms with Crippen LogP contribution in [0.3, 0.4) is 0 Å². The molecule has 1 aromatic rings. The van der Waals surface area contributed by atoms with E-state index in [1.165, 1.54) is 11.1 Å². The van der Waals surface area contributed by atoms with Crippen molar-refractivity contribution < 1.29 is 0 Å². The van der Waals surface area contributed by atoms with Gasteiger partial charge in [-0.1, -0.05) is 38.4 Å². The minimum absolute atomic E-state index is 0.423. The zero-order valence-electron chi connectivity index (χ0n) is 11.4. The van der Waals surface area contributed by atoms with Gasteiger partial charge in [-0.05, 0) is 55.5 Å². The topological polar surface area (TPSA) is 12.0 Å². The molecule has 0 aromatic heterocycles. The molecule has 0 fully saturated rings. The highest BCUT2D eigenvalue weighted by molar-refractivity contribution is 6.30. The van der Waals surface area contributed by atoms with Gasteiger partial charge in [-0.15, -0.1) is 0 Å². The third-order valence-corrected chi connectivity index (χ3v) is 3.03. The van der Waals surface area contributed by atoms with Crippen LogP contribution in [0.4, 0.5) is 0 Å². The van der Waals surface area contributed by atoms with E-state index in [-0.39, 0.29) is 0 Å². The molecule has 1 atom stereocenters. The Balaban J connectivity index is 2.86. The quantitative estimate of drug-likeness (QED) is 0.773. The van der Waals surface area contributed by atoms with Crippen LogP contribution in [-0.4, -0.2) is 6.54 Å². The van der Waals surface area contributed by atoms with Gasteiger partial charge in [-0.25, -0.2) is 0 Å². The van der Waals surface area contributed by atoms with Gasteiger partial charge in [0.05, 0.1) is 0 Å². The summed E-state index contributed by atoms with van der Waals surface area (Å²) < 4.78 is 0. The van der Waals surface area contributed by atoms with Crippen molar-refractivity contribution in [2.24, 2.45) is 5.92 Å². The fraction of sp³-hybridized carbons (Fsp3) is 0.600. The minimum Gasteiger partial charge on any atom is -0.310 e. The van der Waals surface area contributed by atoms with Crippen LogP contribution in [0, 0.1) is 12.8 Å². The maximum atomic E-state index is 6.14. The number of benzene rings is 1. The number of aryl methyl sites for hydroxylation is 1. The molecule has 0 spiro atoms. The summed E-state index contributed by atoms with van der Waals surface area (Å²) in [7, 11) is 0. The molecule has 1 aromatic carbocycles. The molecule has 1 N–H and O–H groups in total. The maximum Gasteiger partial charge on any atom is 0.0411 e. The third-order valence-electron chi connectivity index (χ3n) is 2.81. The van der Waals surface area contributed by atoms with Gasteiger partial charge in [0.25, 0.3) is 0 Å². The monoisotopic (exact) mass is 253 g/mol. The lowest BCUT2D eigenvalue weighted by atomic mass is 9.96. The molecule has 0 bridgehead atoms. The second-order valence-electron chi connectivity index (χ2n) is 5.20. The van der Waals surface area contributed by atoms with Crippen molar-refractivity contribution in [3.05, 3.63) is 34.3 Å². The van der Waals surface area contributed by atoms with E-state index in [9.17, 15) is 0 Å². The Bertz CT molecular complexity index is 327. The van der Waals surface area contributed by atoms with Crippen LogP contribution < -0.4 is 5.32 Å². The van der Waals surface area contributed by atoms with Gasteiger partial charge < -0.3 is 5.32 Å². The van der Waals surface area contributed by atoms with E-state index < -0.39 is 0 Å². The number of halogens is 1. The number of rotatable bonds is 6. The van der Waals surface area contributed by atoms with Gasteiger partial charge in [0.1, 0.15) is 0 Å². The Kier molecular flexibility index (Phi) is 6.01. The molecule has 2 heteroatoms. The van der Waals surface area contributed by atoms with Crippen LogP contribution in [0.25, 0.3) is 0 Å². The smallest absolute Gasteiger partial charge is 0.0411 e. The van der Waals surface area contributed by atoms with Gasteiger partial charge in [0.2, 0.25) is 0 Å². The number of nitrogens with one attached hydrogen (secondary N) is 1. The average Bonchev–Trinajstić information content (AvgIpc) is 2.22. The normalized spacial score (nSPS) is 13.1. The van der Waals surface area contributed by atoms with Crippen LogP contribution in [-0.2, 0) is 0 Å². The Morgan fingerprint density at radius 3 is 2.47 bits per heavy atom. The van der Waals surface area contributed by atoms with E-state index in [1.54, 1.807) is 0 Å². The fourth-order valence-corrected chi connectivity index (χ4v) is 2.39. The molecule has 17 heavy (non-hydrogen) atoms. The summed E-state index contributed by atoms with van der Waals surface area (Å²) in [5.74, 6) is 0.684. The molecule has 0 radical (unpaired) electrons. The van der Waals surface area contributed by atoms with Gasteiger partial charge in [0, 0.05) is 11.1 Å². The fourth-order valence-electron chi connectivity index (χ4n) is 2.09. The molecule has 96 valence electrons. The van der Waals surface area contributed by atoms with Crippen molar-refractivity contribution in [3.63, 3.8) is 0 Å². The van der Waals surface area contributed by atoms with Crippen LogP contribution in [0.1, 0.15) is 50.8 Å². The molecule has 0 saturated heterocycles. The summed E-state index contributed by atoms with van der Waals surface area (Å²) in [6.45, 7) is 9.88. The summed E-state index contributed by atoms with van der Waals surface area (Å²) >= 11 is 6.14. The molecular weight excluding hydrogens is 230 g/mol. The van der Waals surface area contributed by atoms with Gasteiger partial charge in [-0.2, -0.15) is 0 Å². The predicted molar refractivity (Wildman–Crippen MR) is 76.7 cm³/mol. The van der Waals surface area contributed by atoms with Crippen molar-refractivity contribution in [2.75, 3.05) is 6.54 Å². The molecule has 0 aliphatic carbocycles. The summed E-state index contributed by atoms with van der Waals surface area (Å²) in [5.41, 5.74) is 2.55. The molecule has 0 heterocycles. The van der Waals surface area contributed by atoms with E-state index in [0.29, 0.717) is 12.0 Å². The van der Waals surface area contributed by atoms with Crippen molar-refractivity contribution >= 4 is 11.6 Å². The first-order valence-corrected chi connectivity index (χ1v) is 6.91. The highest BCUT2D eigenvalue weighted by atomic mass is 35.5. The highest BCUT2D eigenvalue weighted by Crippen LogP contribution is 2.25. The van der Waals surface area contributed by atoms with Crippen LogP contribution in [0.15, 0.2) is 18.2 Å². The Labute approximate surface area is 111 Å². The lowest BCUT2D eigenvalue weighted by molar-refractivity contribution is 0.430. The predicted octanol–water partition coefficient (Wildman–Crippen LogP) is 4.74. The molecule has 0 aliphatic heterocycles. The lowest BCUT2D eigenvalue weighted by Crippen LogP contribution is -2.23. The SMILES string of the molecule is CCCNC(CC(C)C)c1cc(C)cc(Cl)c1. The molecule has 1 unspecified atom stereocenters. The molecule has 1 nitrogen and oxygen atoms in total. The number of hydrogen-bond acceptors (Lipinski definition) is 1. The number of hydrogen-bond donors (Lipinski definition) is 1. The van der Waals surface area contributed by atoms with Gasteiger partial charge >= 0.3 is 0 Å². The van der Waals surface area contributed by atoms with Crippen molar-refractivity contribution in [1.29, 1.82) is 0 Å². The Morgan fingerprint density at radius 2 is 1.94 bits per heavy atom. The van der Waals surface area contributed by atoms with Crippen molar-refractivity contribution in [2.45, 2.75) is 46.6 Å².